The summed E-state index contributed by atoms with van der Waals surface area (Å²) in [7, 11) is 1.52. The molecule has 0 radical (unpaired) electrons. The molecule has 2 rings (SSSR count). The average molecular weight is 266 g/mol. The van der Waals surface area contributed by atoms with Crippen molar-refractivity contribution in [2.75, 3.05) is 13.6 Å². The lowest BCUT2D eigenvalue weighted by atomic mass is 10.2. The predicted octanol–water partition coefficient (Wildman–Crippen LogP) is 0.347. The highest BCUT2D eigenvalue weighted by molar-refractivity contribution is 6.05. The number of rotatable bonds is 5. The van der Waals surface area contributed by atoms with E-state index in [0.29, 0.717) is 24.9 Å². The van der Waals surface area contributed by atoms with Gasteiger partial charge in [-0.2, -0.15) is 0 Å². The molecule has 104 valence electrons. The third kappa shape index (κ3) is 2.81. The summed E-state index contributed by atoms with van der Waals surface area (Å²) in [6, 6.07) is -0.412. The van der Waals surface area contributed by atoms with Gasteiger partial charge in [-0.05, 0) is 13.0 Å². The Labute approximate surface area is 111 Å². The van der Waals surface area contributed by atoms with Crippen LogP contribution in [0, 0.1) is 6.92 Å². The molecule has 0 saturated carbocycles. The molecule has 1 fully saturated rings. The molecular formula is C12H18N4O3. The number of aromatic nitrogens is 2. The van der Waals surface area contributed by atoms with Crippen molar-refractivity contribution in [2.24, 2.45) is 0 Å². The fourth-order valence-electron chi connectivity index (χ4n) is 2.23. The molecule has 7 heteroatoms. The van der Waals surface area contributed by atoms with Crippen LogP contribution in [-0.4, -0.2) is 51.4 Å². The van der Waals surface area contributed by atoms with Crippen molar-refractivity contribution < 1.29 is 14.0 Å². The summed E-state index contributed by atoms with van der Waals surface area (Å²) in [5, 5.41) is 7.70. The van der Waals surface area contributed by atoms with Crippen LogP contribution in [0.4, 0.5) is 0 Å². The van der Waals surface area contributed by atoms with Crippen molar-refractivity contribution in [1.82, 2.24) is 20.0 Å². The van der Waals surface area contributed by atoms with Crippen molar-refractivity contribution in [1.29, 1.82) is 0 Å². The fourth-order valence-corrected chi connectivity index (χ4v) is 2.23. The lowest BCUT2D eigenvalue weighted by Gasteiger charge is -2.24. The minimum atomic E-state index is -0.412. The van der Waals surface area contributed by atoms with E-state index >= 15 is 0 Å². The molecular weight excluding hydrogens is 248 g/mol. The zero-order valence-corrected chi connectivity index (χ0v) is 11.4. The lowest BCUT2D eigenvalue weighted by Crippen LogP contribution is -2.41. The molecule has 7 nitrogen and oxygen atoms in total. The first kappa shape index (κ1) is 13.7. The highest BCUT2D eigenvalue weighted by atomic mass is 16.4. The van der Waals surface area contributed by atoms with Gasteiger partial charge < -0.3 is 4.42 Å². The van der Waals surface area contributed by atoms with Gasteiger partial charge in [-0.1, -0.05) is 6.92 Å². The number of hydrogen-bond donors (Lipinski definition) is 0. The van der Waals surface area contributed by atoms with Crippen LogP contribution >= 0.6 is 0 Å². The van der Waals surface area contributed by atoms with Crippen molar-refractivity contribution in [3.63, 3.8) is 0 Å². The van der Waals surface area contributed by atoms with Gasteiger partial charge in [0.2, 0.25) is 23.6 Å². The number of likely N-dealkylation sites (tertiary alicyclic amines) is 1. The maximum absolute atomic E-state index is 12.0. The monoisotopic (exact) mass is 266 g/mol. The number of carbonyl (C=O) groups excluding carboxylic acids is 2. The van der Waals surface area contributed by atoms with Crippen molar-refractivity contribution in [2.45, 2.75) is 39.3 Å². The van der Waals surface area contributed by atoms with Crippen molar-refractivity contribution >= 4 is 11.8 Å². The summed E-state index contributed by atoms with van der Waals surface area (Å²) in [4.78, 5) is 26.7. The molecule has 2 heterocycles. The maximum Gasteiger partial charge on any atom is 0.246 e. The van der Waals surface area contributed by atoms with E-state index in [1.165, 1.54) is 11.9 Å². The molecule has 1 aromatic rings. The van der Waals surface area contributed by atoms with E-state index in [0.717, 1.165) is 6.42 Å². The molecule has 2 amide bonds. The van der Waals surface area contributed by atoms with E-state index in [4.69, 9.17) is 4.42 Å². The minimum Gasteiger partial charge on any atom is -0.424 e. The molecule has 1 unspecified atom stereocenters. The molecule has 0 aromatic carbocycles. The number of carbonyl (C=O) groups is 2. The van der Waals surface area contributed by atoms with Gasteiger partial charge in [0.05, 0.1) is 19.0 Å². The lowest BCUT2D eigenvalue weighted by molar-refractivity contribution is -0.138. The van der Waals surface area contributed by atoms with Gasteiger partial charge in [0.15, 0.2) is 0 Å². The molecule has 0 bridgehead atoms. The Morgan fingerprint density at radius 3 is 2.63 bits per heavy atom. The van der Waals surface area contributed by atoms with E-state index in [1.54, 1.807) is 6.92 Å². The molecule has 0 N–H and O–H groups in total. The van der Waals surface area contributed by atoms with Crippen LogP contribution in [0.2, 0.25) is 0 Å². The molecule has 1 aromatic heterocycles. The smallest absolute Gasteiger partial charge is 0.246 e. The number of nitrogens with zero attached hydrogens (tertiary/aromatic N) is 4. The fraction of sp³-hybridized carbons (Fsp3) is 0.667. The third-order valence-corrected chi connectivity index (χ3v) is 3.22. The van der Waals surface area contributed by atoms with Crippen LogP contribution < -0.4 is 0 Å². The van der Waals surface area contributed by atoms with Gasteiger partial charge in [-0.25, -0.2) is 0 Å². The molecule has 1 aliphatic heterocycles. The summed E-state index contributed by atoms with van der Waals surface area (Å²) in [5.41, 5.74) is 0. The van der Waals surface area contributed by atoms with Gasteiger partial charge in [0, 0.05) is 14.0 Å². The van der Waals surface area contributed by atoms with Crippen LogP contribution in [-0.2, 0) is 16.1 Å². The second-order valence-corrected chi connectivity index (χ2v) is 4.70. The summed E-state index contributed by atoms with van der Waals surface area (Å²) >= 11 is 0. The van der Waals surface area contributed by atoms with E-state index in [-0.39, 0.29) is 18.2 Å². The third-order valence-electron chi connectivity index (χ3n) is 3.22. The van der Waals surface area contributed by atoms with Gasteiger partial charge in [-0.3, -0.25) is 19.4 Å². The quantitative estimate of drug-likeness (QED) is 0.715. The van der Waals surface area contributed by atoms with Crippen LogP contribution in [0.3, 0.4) is 0 Å². The number of hydrogen-bond acceptors (Lipinski definition) is 6. The average Bonchev–Trinajstić information content (AvgIpc) is 2.88. The first-order chi connectivity index (χ1) is 9.02. The SMILES string of the molecule is CCCN(Cc1nnc(C)o1)C1CC(=O)N(C)C1=O. The second-order valence-electron chi connectivity index (χ2n) is 4.70. The number of likely N-dealkylation sites (N-methyl/N-ethyl adjacent to an activating group) is 1. The Morgan fingerprint density at radius 2 is 2.16 bits per heavy atom. The summed E-state index contributed by atoms with van der Waals surface area (Å²) < 4.78 is 5.34. The van der Waals surface area contributed by atoms with Crippen molar-refractivity contribution in [3.05, 3.63) is 11.8 Å². The highest BCUT2D eigenvalue weighted by Crippen LogP contribution is 2.19. The highest BCUT2D eigenvalue weighted by Gasteiger charge is 2.39. The minimum absolute atomic E-state index is 0.141. The number of aryl methyl sites for hydroxylation is 1. The summed E-state index contributed by atoms with van der Waals surface area (Å²) in [6.45, 7) is 4.85. The van der Waals surface area contributed by atoms with Gasteiger partial charge >= 0.3 is 0 Å². The Kier molecular flexibility index (Phi) is 3.94. The number of amides is 2. The Morgan fingerprint density at radius 1 is 1.42 bits per heavy atom. The molecule has 19 heavy (non-hydrogen) atoms. The van der Waals surface area contributed by atoms with Crippen LogP contribution in [0.5, 0.6) is 0 Å². The molecule has 1 aliphatic rings. The van der Waals surface area contributed by atoms with Crippen LogP contribution in [0.15, 0.2) is 4.42 Å². The Balaban J connectivity index is 2.12. The zero-order valence-electron chi connectivity index (χ0n) is 11.4. The summed E-state index contributed by atoms with van der Waals surface area (Å²) in [6.07, 6.45) is 1.11. The van der Waals surface area contributed by atoms with Gasteiger partial charge in [0.25, 0.3) is 0 Å². The van der Waals surface area contributed by atoms with E-state index in [1.807, 2.05) is 11.8 Å². The first-order valence-electron chi connectivity index (χ1n) is 6.36. The van der Waals surface area contributed by atoms with E-state index in [9.17, 15) is 9.59 Å². The first-order valence-corrected chi connectivity index (χ1v) is 6.36. The predicted molar refractivity (Wildman–Crippen MR) is 65.9 cm³/mol. The zero-order chi connectivity index (χ0) is 14.0. The van der Waals surface area contributed by atoms with E-state index in [2.05, 4.69) is 10.2 Å². The van der Waals surface area contributed by atoms with Crippen molar-refractivity contribution in [3.8, 4) is 0 Å². The van der Waals surface area contributed by atoms with Crippen LogP contribution in [0.1, 0.15) is 31.5 Å². The maximum atomic E-state index is 12.0. The molecule has 0 aliphatic carbocycles. The standard InChI is InChI=1S/C12H18N4O3/c1-4-5-16(7-10-14-13-8(2)19-10)9-6-11(17)15(3)12(9)18/h9H,4-7H2,1-3H3. The topological polar surface area (TPSA) is 79.5 Å². The molecule has 0 spiro atoms. The second kappa shape index (κ2) is 5.48. The number of imide groups is 1. The van der Waals surface area contributed by atoms with Gasteiger partial charge in [0.1, 0.15) is 0 Å². The largest absolute Gasteiger partial charge is 0.424 e. The van der Waals surface area contributed by atoms with Crippen LogP contribution in [0.25, 0.3) is 0 Å². The van der Waals surface area contributed by atoms with Gasteiger partial charge in [-0.15, -0.1) is 10.2 Å². The normalized spacial score (nSPS) is 19.8. The Hall–Kier alpha value is -1.76. The molecule has 1 atom stereocenters. The molecule has 1 saturated heterocycles. The Bertz CT molecular complexity index is 485. The summed E-state index contributed by atoms with van der Waals surface area (Å²) in [5.74, 6) is 0.672. The van der Waals surface area contributed by atoms with E-state index < -0.39 is 6.04 Å².